The molecule has 0 saturated carbocycles. The number of nitrogens with two attached hydrogens (primary N) is 1. The van der Waals surface area contributed by atoms with E-state index in [1.165, 1.54) is 25.3 Å². The molecule has 1 amide bonds. The quantitative estimate of drug-likeness (QED) is 0.602. The molecule has 1 rings (SSSR count). The Morgan fingerprint density at radius 1 is 1.58 bits per heavy atom. The molecule has 1 atom stereocenters. The minimum Gasteiger partial charge on any atom is -0.496 e. The molecule has 0 heterocycles. The fourth-order valence-electron chi connectivity index (χ4n) is 1.56. The number of nitrogens with zero attached hydrogens (tertiary/aromatic N) is 1. The molecule has 104 valence electrons. The topological polar surface area (TPSA) is 107 Å². The van der Waals surface area contributed by atoms with E-state index in [9.17, 15) is 14.9 Å². The van der Waals surface area contributed by atoms with Gasteiger partial charge in [0.2, 0.25) is 5.91 Å². The number of benzene rings is 1. The van der Waals surface area contributed by atoms with Gasteiger partial charge in [0, 0.05) is 0 Å². The number of nitro groups is 1. The summed E-state index contributed by atoms with van der Waals surface area (Å²) < 4.78 is 4.91. The molecule has 0 aliphatic rings. The number of hydrogen-bond donors (Lipinski definition) is 2. The van der Waals surface area contributed by atoms with Crippen molar-refractivity contribution in [3.8, 4) is 5.75 Å². The number of nitro benzene ring substituents is 1. The summed E-state index contributed by atoms with van der Waals surface area (Å²) in [6.07, 6.45) is 1.29. The molecule has 7 heteroatoms. The van der Waals surface area contributed by atoms with Crippen LogP contribution in [-0.4, -0.2) is 24.0 Å². The lowest BCUT2D eigenvalue weighted by Gasteiger charge is -2.11. The van der Waals surface area contributed by atoms with Crippen molar-refractivity contribution in [2.75, 3.05) is 12.4 Å². The van der Waals surface area contributed by atoms with Gasteiger partial charge in [0.1, 0.15) is 11.4 Å². The molecule has 19 heavy (non-hydrogen) atoms. The van der Waals surface area contributed by atoms with E-state index in [1.807, 2.05) is 6.92 Å². The van der Waals surface area contributed by atoms with Gasteiger partial charge in [-0.05, 0) is 18.6 Å². The lowest BCUT2D eigenvalue weighted by atomic mass is 10.1. The van der Waals surface area contributed by atoms with Gasteiger partial charge >= 0.3 is 0 Å². The Bertz CT molecular complexity index is 476. The molecule has 1 unspecified atom stereocenters. The highest BCUT2D eigenvalue weighted by atomic mass is 16.6. The SMILES string of the molecule is CCCC(N)C(=O)Nc1ccc(OC)cc1[N+](=O)[O-]. The summed E-state index contributed by atoms with van der Waals surface area (Å²) in [6.45, 7) is 1.91. The summed E-state index contributed by atoms with van der Waals surface area (Å²) in [6, 6.07) is 3.54. The average Bonchev–Trinajstić information content (AvgIpc) is 2.39. The van der Waals surface area contributed by atoms with Crippen molar-refractivity contribution in [1.29, 1.82) is 0 Å². The molecular formula is C12H17N3O4. The number of carbonyl (C=O) groups excluding carboxylic acids is 1. The molecule has 0 radical (unpaired) electrons. The zero-order valence-corrected chi connectivity index (χ0v) is 10.9. The molecule has 1 aromatic rings. The van der Waals surface area contributed by atoms with Crippen LogP contribution in [0.4, 0.5) is 11.4 Å². The van der Waals surface area contributed by atoms with Gasteiger partial charge in [0.05, 0.1) is 24.1 Å². The van der Waals surface area contributed by atoms with Gasteiger partial charge in [-0.1, -0.05) is 13.3 Å². The van der Waals surface area contributed by atoms with Crippen molar-refractivity contribution < 1.29 is 14.5 Å². The molecular weight excluding hydrogens is 250 g/mol. The highest BCUT2D eigenvalue weighted by Crippen LogP contribution is 2.29. The van der Waals surface area contributed by atoms with E-state index in [1.54, 1.807) is 0 Å². The lowest BCUT2D eigenvalue weighted by Crippen LogP contribution is -2.35. The molecule has 1 aromatic carbocycles. The number of methoxy groups -OCH3 is 1. The first-order chi connectivity index (χ1) is 8.99. The maximum Gasteiger partial charge on any atom is 0.296 e. The van der Waals surface area contributed by atoms with Crippen LogP contribution in [0.5, 0.6) is 5.75 Å². The van der Waals surface area contributed by atoms with Crippen molar-refractivity contribution in [3.63, 3.8) is 0 Å². The van der Waals surface area contributed by atoms with Crippen LogP contribution < -0.4 is 15.8 Å². The van der Waals surface area contributed by atoms with E-state index in [0.29, 0.717) is 12.2 Å². The second-order valence-electron chi connectivity index (χ2n) is 4.02. The molecule has 0 aliphatic heterocycles. The number of ether oxygens (including phenoxy) is 1. The second-order valence-corrected chi connectivity index (χ2v) is 4.02. The van der Waals surface area contributed by atoms with Crippen LogP contribution in [0.3, 0.4) is 0 Å². The van der Waals surface area contributed by atoms with Crippen molar-refractivity contribution >= 4 is 17.3 Å². The monoisotopic (exact) mass is 267 g/mol. The van der Waals surface area contributed by atoms with Gasteiger partial charge in [-0.3, -0.25) is 14.9 Å². The Hall–Kier alpha value is -2.15. The van der Waals surface area contributed by atoms with Crippen LogP contribution in [0.2, 0.25) is 0 Å². The van der Waals surface area contributed by atoms with Crippen molar-refractivity contribution in [2.24, 2.45) is 5.73 Å². The summed E-state index contributed by atoms with van der Waals surface area (Å²) in [5.74, 6) is -0.0855. The molecule has 3 N–H and O–H groups in total. The smallest absolute Gasteiger partial charge is 0.296 e. The predicted octanol–water partition coefficient (Wildman–Crippen LogP) is 1.67. The van der Waals surface area contributed by atoms with Crippen LogP contribution in [0.15, 0.2) is 18.2 Å². The number of rotatable bonds is 6. The van der Waals surface area contributed by atoms with E-state index in [-0.39, 0.29) is 11.4 Å². The van der Waals surface area contributed by atoms with Gasteiger partial charge < -0.3 is 15.8 Å². The summed E-state index contributed by atoms with van der Waals surface area (Å²) in [7, 11) is 1.41. The summed E-state index contributed by atoms with van der Waals surface area (Å²) in [5, 5.41) is 13.4. The van der Waals surface area contributed by atoms with Crippen LogP contribution in [-0.2, 0) is 4.79 Å². The van der Waals surface area contributed by atoms with Crippen LogP contribution in [0.25, 0.3) is 0 Å². The lowest BCUT2D eigenvalue weighted by molar-refractivity contribution is -0.384. The summed E-state index contributed by atoms with van der Waals surface area (Å²) >= 11 is 0. The zero-order chi connectivity index (χ0) is 14.4. The van der Waals surface area contributed by atoms with Crippen molar-refractivity contribution in [3.05, 3.63) is 28.3 Å². The Morgan fingerprint density at radius 2 is 2.26 bits per heavy atom. The number of nitrogens with one attached hydrogen (secondary N) is 1. The van der Waals surface area contributed by atoms with Gasteiger partial charge in [-0.25, -0.2) is 0 Å². The molecule has 0 saturated heterocycles. The standard InChI is InChI=1S/C12H17N3O4/c1-3-4-9(13)12(16)14-10-6-5-8(19-2)7-11(10)15(17)18/h5-7,9H,3-4,13H2,1-2H3,(H,14,16). The van der Waals surface area contributed by atoms with E-state index < -0.39 is 16.9 Å². The largest absolute Gasteiger partial charge is 0.496 e. The van der Waals surface area contributed by atoms with Crippen molar-refractivity contribution in [1.82, 2.24) is 0 Å². The van der Waals surface area contributed by atoms with Crippen LogP contribution >= 0.6 is 0 Å². The fourth-order valence-corrected chi connectivity index (χ4v) is 1.56. The number of anilines is 1. The predicted molar refractivity (Wildman–Crippen MR) is 71.2 cm³/mol. The molecule has 0 spiro atoms. The maximum absolute atomic E-state index is 11.7. The van der Waals surface area contributed by atoms with E-state index >= 15 is 0 Å². The first-order valence-electron chi connectivity index (χ1n) is 5.88. The minimum absolute atomic E-state index is 0.113. The minimum atomic E-state index is -0.674. The normalized spacial score (nSPS) is 11.7. The molecule has 0 aromatic heterocycles. The summed E-state index contributed by atoms with van der Waals surface area (Å²) in [5.41, 5.74) is 5.54. The van der Waals surface area contributed by atoms with Gasteiger partial charge in [0.25, 0.3) is 5.69 Å². The number of carbonyl (C=O) groups is 1. The van der Waals surface area contributed by atoms with Crippen LogP contribution in [0, 0.1) is 10.1 Å². The first kappa shape index (κ1) is 14.9. The Morgan fingerprint density at radius 3 is 2.79 bits per heavy atom. The van der Waals surface area contributed by atoms with Crippen molar-refractivity contribution in [2.45, 2.75) is 25.8 Å². The van der Waals surface area contributed by atoms with E-state index in [2.05, 4.69) is 5.32 Å². The first-order valence-corrected chi connectivity index (χ1v) is 5.88. The highest BCUT2D eigenvalue weighted by Gasteiger charge is 2.19. The Balaban J connectivity index is 2.94. The Labute approximate surface area is 110 Å². The molecule has 0 fully saturated rings. The number of amides is 1. The molecule has 0 bridgehead atoms. The van der Waals surface area contributed by atoms with E-state index in [0.717, 1.165) is 6.42 Å². The summed E-state index contributed by atoms with van der Waals surface area (Å²) in [4.78, 5) is 22.1. The third kappa shape index (κ3) is 3.92. The third-order valence-electron chi connectivity index (χ3n) is 2.60. The Kier molecular flexibility index (Phi) is 5.25. The van der Waals surface area contributed by atoms with E-state index in [4.69, 9.17) is 10.5 Å². The van der Waals surface area contributed by atoms with Gasteiger partial charge in [-0.2, -0.15) is 0 Å². The second kappa shape index (κ2) is 6.69. The third-order valence-corrected chi connectivity index (χ3v) is 2.60. The fraction of sp³-hybridized carbons (Fsp3) is 0.417. The average molecular weight is 267 g/mol. The van der Waals surface area contributed by atoms with Gasteiger partial charge in [0.15, 0.2) is 0 Å². The highest BCUT2D eigenvalue weighted by molar-refractivity contribution is 5.96. The zero-order valence-electron chi connectivity index (χ0n) is 10.9. The van der Waals surface area contributed by atoms with Crippen LogP contribution in [0.1, 0.15) is 19.8 Å². The molecule has 7 nitrogen and oxygen atoms in total. The van der Waals surface area contributed by atoms with Gasteiger partial charge in [-0.15, -0.1) is 0 Å². The number of hydrogen-bond acceptors (Lipinski definition) is 5. The maximum atomic E-state index is 11.7. The molecule has 0 aliphatic carbocycles.